The molecule has 32 heavy (non-hydrogen) atoms. The van der Waals surface area contributed by atoms with Crippen molar-refractivity contribution in [2.24, 2.45) is 0 Å². The Morgan fingerprint density at radius 2 is 2.06 bits per heavy atom. The van der Waals surface area contributed by atoms with E-state index in [1.165, 1.54) is 17.0 Å². The number of hydrogen-bond donors (Lipinski definition) is 1. The first kappa shape index (κ1) is 22.0. The highest BCUT2D eigenvalue weighted by Gasteiger charge is 2.31. The Kier molecular flexibility index (Phi) is 6.00. The van der Waals surface area contributed by atoms with Gasteiger partial charge in [-0.25, -0.2) is 13.1 Å². The molecule has 0 radical (unpaired) electrons. The van der Waals surface area contributed by atoms with Gasteiger partial charge in [-0.15, -0.1) is 0 Å². The van der Waals surface area contributed by atoms with Crippen LogP contribution in [0.15, 0.2) is 39.7 Å². The number of aromatic nitrogens is 4. The van der Waals surface area contributed by atoms with Crippen LogP contribution in [0.5, 0.6) is 0 Å². The monoisotopic (exact) mass is 459 g/mol. The maximum atomic E-state index is 12.5. The molecular weight excluding hydrogens is 434 g/mol. The number of carbonyl (C=O) groups is 1. The van der Waals surface area contributed by atoms with E-state index in [1.54, 1.807) is 22.9 Å². The third kappa shape index (κ3) is 4.67. The van der Waals surface area contributed by atoms with E-state index in [0.717, 1.165) is 11.3 Å². The number of rotatable bonds is 7. The molecule has 1 atom stereocenters. The maximum absolute atomic E-state index is 12.5. The van der Waals surface area contributed by atoms with Crippen molar-refractivity contribution >= 4 is 15.7 Å². The molecule has 0 spiro atoms. The van der Waals surface area contributed by atoms with Crippen LogP contribution in [0, 0.1) is 13.8 Å². The topological polar surface area (TPSA) is 129 Å². The van der Waals surface area contributed by atoms with Gasteiger partial charge in [0.15, 0.2) is 15.6 Å². The highest BCUT2D eigenvalue weighted by atomic mass is 32.2. The van der Waals surface area contributed by atoms with Crippen molar-refractivity contribution in [3.63, 3.8) is 0 Å². The molecule has 1 amide bonds. The molecule has 1 saturated heterocycles. The molecule has 1 aliphatic rings. The van der Waals surface area contributed by atoms with Gasteiger partial charge in [0.2, 0.25) is 5.91 Å². The minimum absolute atomic E-state index is 0.0828. The van der Waals surface area contributed by atoms with Gasteiger partial charge < -0.3 is 9.73 Å². The molecule has 1 aliphatic heterocycles. The SMILES string of the molecule is Cc1nn(C2CCS(=O)(=O)C2)c(C)c1CC(=O)NCCn1nc(-c2ccco2)ccc1=O. The fourth-order valence-electron chi connectivity index (χ4n) is 3.97. The van der Waals surface area contributed by atoms with Gasteiger partial charge in [0, 0.05) is 23.9 Å². The molecule has 11 heteroatoms. The second-order valence-electron chi connectivity index (χ2n) is 7.93. The van der Waals surface area contributed by atoms with E-state index in [-0.39, 0.29) is 48.5 Å². The van der Waals surface area contributed by atoms with Crippen LogP contribution in [0.2, 0.25) is 0 Å². The third-order valence-corrected chi connectivity index (χ3v) is 7.40. The summed E-state index contributed by atoms with van der Waals surface area (Å²) in [5, 5.41) is 11.6. The largest absolute Gasteiger partial charge is 0.463 e. The van der Waals surface area contributed by atoms with E-state index in [2.05, 4.69) is 15.5 Å². The number of nitrogens with zero attached hydrogens (tertiary/aromatic N) is 4. The number of carbonyl (C=O) groups excluding carboxylic acids is 1. The third-order valence-electron chi connectivity index (χ3n) is 5.65. The van der Waals surface area contributed by atoms with Crippen LogP contribution in [0.1, 0.15) is 29.4 Å². The number of aryl methyl sites for hydroxylation is 1. The summed E-state index contributed by atoms with van der Waals surface area (Å²) in [4.78, 5) is 24.6. The van der Waals surface area contributed by atoms with Crippen LogP contribution in [-0.4, -0.2) is 51.9 Å². The highest BCUT2D eigenvalue weighted by molar-refractivity contribution is 7.91. The highest BCUT2D eigenvalue weighted by Crippen LogP contribution is 2.27. The molecule has 0 saturated carbocycles. The Hall–Kier alpha value is -3.21. The standard InChI is InChI=1S/C21H25N5O5S/c1-14-17(15(2)26(23-14)16-7-11-32(29,30)13-16)12-20(27)22-8-9-25-21(28)6-5-18(24-25)19-4-3-10-31-19/h3-6,10,16H,7-9,11-13H2,1-2H3,(H,22,27). The Morgan fingerprint density at radius 3 is 2.75 bits per heavy atom. The van der Waals surface area contributed by atoms with Crippen LogP contribution in [0.25, 0.3) is 11.5 Å². The van der Waals surface area contributed by atoms with Crippen molar-refractivity contribution in [3.8, 4) is 11.5 Å². The summed E-state index contributed by atoms with van der Waals surface area (Å²) >= 11 is 0. The minimum Gasteiger partial charge on any atom is -0.463 e. The lowest BCUT2D eigenvalue weighted by atomic mass is 10.1. The van der Waals surface area contributed by atoms with Crippen LogP contribution in [0.3, 0.4) is 0 Å². The molecule has 10 nitrogen and oxygen atoms in total. The Morgan fingerprint density at radius 1 is 1.25 bits per heavy atom. The van der Waals surface area contributed by atoms with E-state index in [1.807, 2.05) is 13.8 Å². The minimum atomic E-state index is -3.03. The number of furan rings is 1. The molecule has 3 aromatic rings. The van der Waals surface area contributed by atoms with Gasteiger partial charge >= 0.3 is 0 Å². The molecule has 0 bridgehead atoms. The van der Waals surface area contributed by atoms with Gasteiger partial charge in [-0.3, -0.25) is 14.3 Å². The van der Waals surface area contributed by atoms with Gasteiger partial charge in [0.05, 0.1) is 42.5 Å². The van der Waals surface area contributed by atoms with Gasteiger partial charge in [-0.1, -0.05) is 0 Å². The van der Waals surface area contributed by atoms with Crippen molar-refractivity contribution in [1.29, 1.82) is 0 Å². The summed E-state index contributed by atoms with van der Waals surface area (Å²) in [7, 11) is -3.03. The molecule has 1 fully saturated rings. The molecule has 1 N–H and O–H groups in total. The molecule has 170 valence electrons. The molecule has 4 heterocycles. The van der Waals surface area contributed by atoms with Gasteiger partial charge in [-0.2, -0.15) is 10.2 Å². The van der Waals surface area contributed by atoms with Crippen molar-refractivity contribution in [2.75, 3.05) is 18.1 Å². The molecule has 4 rings (SSSR count). The van der Waals surface area contributed by atoms with Gasteiger partial charge in [0.1, 0.15) is 5.69 Å². The van der Waals surface area contributed by atoms with E-state index in [4.69, 9.17) is 4.42 Å². The van der Waals surface area contributed by atoms with Gasteiger partial charge in [-0.05, 0) is 38.5 Å². The molecule has 0 aliphatic carbocycles. The Balaban J connectivity index is 1.37. The van der Waals surface area contributed by atoms with Crippen molar-refractivity contribution in [3.05, 3.63) is 57.8 Å². The number of amides is 1. The average Bonchev–Trinajstić information content (AvgIpc) is 3.46. The lowest BCUT2D eigenvalue weighted by Crippen LogP contribution is -2.32. The zero-order chi connectivity index (χ0) is 22.9. The zero-order valence-corrected chi connectivity index (χ0v) is 18.8. The van der Waals surface area contributed by atoms with Crippen molar-refractivity contribution < 1.29 is 17.6 Å². The summed E-state index contributed by atoms with van der Waals surface area (Å²) in [5.74, 6) is 0.602. The second-order valence-corrected chi connectivity index (χ2v) is 10.2. The molecular formula is C21H25N5O5S. The predicted octanol–water partition coefficient (Wildman–Crippen LogP) is 1.04. The van der Waals surface area contributed by atoms with E-state index in [9.17, 15) is 18.0 Å². The van der Waals surface area contributed by atoms with Crippen molar-refractivity contribution in [1.82, 2.24) is 24.9 Å². The maximum Gasteiger partial charge on any atom is 0.266 e. The van der Waals surface area contributed by atoms with Crippen LogP contribution >= 0.6 is 0 Å². The summed E-state index contributed by atoms with van der Waals surface area (Å²) in [5.41, 5.74) is 2.58. The summed E-state index contributed by atoms with van der Waals surface area (Å²) in [6, 6.07) is 6.32. The normalized spacial score (nSPS) is 17.5. The first-order chi connectivity index (χ1) is 15.2. The lowest BCUT2D eigenvalue weighted by Gasteiger charge is -2.11. The Bertz CT molecular complexity index is 1290. The molecule has 1 unspecified atom stereocenters. The van der Waals surface area contributed by atoms with Gasteiger partial charge in [0.25, 0.3) is 5.56 Å². The number of hydrogen-bond acceptors (Lipinski definition) is 7. The quantitative estimate of drug-likeness (QED) is 0.559. The fraction of sp³-hybridized carbons (Fsp3) is 0.429. The number of nitrogens with one attached hydrogen (secondary N) is 1. The first-order valence-electron chi connectivity index (χ1n) is 10.4. The second kappa shape index (κ2) is 8.73. The Labute approximate surface area is 185 Å². The fourth-order valence-corrected chi connectivity index (χ4v) is 5.66. The first-order valence-corrected chi connectivity index (χ1v) is 12.2. The molecule has 0 aromatic carbocycles. The average molecular weight is 460 g/mol. The van der Waals surface area contributed by atoms with Crippen molar-refractivity contribution in [2.45, 2.75) is 39.3 Å². The summed E-state index contributed by atoms with van der Waals surface area (Å²) in [6.45, 7) is 4.13. The predicted molar refractivity (Wildman–Crippen MR) is 117 cm³/mol. The zero-order valence-electron chi connectivity index (χ0n) is 17.9. The van der Waals surface area contributed by atoms with Crippen LogP contribution < -0.4 is 10.9 Å². The summed E-state index contributed by atoms with van der Waals surface area (Å²) < 4.78 is 31.9. The van der Waals surface area contributed by atoms with E-state index < -0.39 is 9.84 Å². The van der Waals surface area contributed by atoms with E-state index >= 15 is 0 Å². The van der Waals surface area contributed by atoms with E-state index in [0.29, 0.717) is 23.6 Å². The smallest absolute Gasteiger partial charge is 0.266 e. The molecule has 3 aromatic heterocycles. The van der Waals surface area contributed by atoms with Crippen LogP contribution in [0.4, 0.5) is 0 Å². The number of sulfone groups is 1. The lowest BCUT2D eigenvalue weighted by molar-refractivity contribution is -0.120. The summed E-state index contributed by atoms with van der Waals surface area (Å²) in [6.07, 6.45) is 2.20. The van der Waals surface area contributed by atoms with Crippen LogP contribution in [-0.2, 0) is 27.6 Å².